The Morgan fingerprint density at radius 1 is 0.973 bits per heavy atom. The summed E-state index contributed by atoms with van der Waals surface area (Å²) in [6.45, 7) is 7.50. The molecule has 0 aliphatic heterocycles. The van der Waals surface area contributed by atoms with Gasteiger partial charge in [-0.25, -0.2) is 8.42 Å². The average molecular weight is 528 g/mol. The van der Waals surface area contributed by atoms with Gasteiger partial charge in [0.15, 0.2) is 0 Å². The summed E-state index contributed by atoms with van der Waals surface area (Å²) in [4.78, 5) is 28.8. The molecule has 0 aromatic heterocycles. The van der Waals surface area contributed by atoms with Crippen LogP contribution in [0.3, 0.4) is 0 Å². The number of sulfonamides is 1. The van der Waals surface area contributed by atoms with Crippen molar-refractivity contribution in [2.45, 2.75) is 84.8 Å². The zero-order valence-electron chi connectivity index (χ0n) is 22.8. The normalized spacial score (nSPS) is 15.2. The van der Waals surface area contributed by atoms with E-state index in [1.807, 2.05) is 64.1 Å². The molecule has 3 rings (SSSR count). The largest absolute Gasteiger partial charge is 0.352 e. The molecular weight excluding hydrogens is 486 g/mol. The van der Waals surface area contributed by atoms with Gasteiger partial charge >= 0.3 is 0 Å². The van der Waals surface area contributed by atoms with Gasteiger partial charge in [-0.1, -0.05) is 73.7 Å². The number of benzene rings is 2. The fraction of sp³-hybridized carbons (Fsp3) is 0.517. The smallest absolute Gasteiger partial charge is 0.244 e. The van der Waals surface area contributed by atoms with Crippen LogP contribution in [0.5, 0.6) is 0 Å². The maximum Gasteiger partial charge on any atom is 0.244 e. The minimum absolute atomic E-state index is 0.120. The fourth-order valence-corrected chi connectivity index (χ4v) is 5.94. The molecule has 8 heteroatoms. The van der Waals surface area contributed by atoms with E-state index in [1.165, 1.54) is 6.42 Å². The Labute approximate surface area is 222 Å². The van der Waals surface area contributed by atoms with Crippen molar-refractivity contribution in [2.24, 2.45) is 0 Å². The van der Waals surface area contributed by atoms with Crippen molar-refractivity contribution in [1.82, 2.24) is 10.2 Å². The maximum atomic E-state index is 13.9. The van der Waals surface area contributed by atoms with Gasteiger partial charge in [0.2, 0.25) is 21.8 Å². The molecule has 37 heavy (non-hydrogen) atoms. The molecular formula is C29H41N3O4S. The quantitative estimate of drug-likeness (QED) is 0.488. The van der Waals surface area contributed by atoms with E-state index in [0.717, 1.165) is 58.5 Å². The van der Waals surface area contributed by atoms with Crippen molar-refractivity contribution in [3.63, 3.8) is 0 Å². The van der Waals surface area contributed by atoms with Gasteiger partial charge in [0.1, 0.15) is 12.6 Å². The van der Waals surface area contributed by atoms with E-state index in [1.54, 1.807) is 11.0 Å². The molecule has 0 bridgehead atoms. The van der Waals surface area contributed by atoms with Crippen molar-refractivity contribution < 1.29 is 18.0 Å². The third-order valence-corrected chi connectivity index (χ3v) is 8.24. The molecule has 0 radical (unpaired) electrons. The molecule has 0 saturated heterocycles. The lowest BCUT2D eigenvalue weighted by molar-refractivity contribution is -0.140. The molecule has 1 fully saturated rings. The molecule has 1 saturated carbocycles. The third-order valence-electron chi connectivity index (χ3n) is 7.11. The highest BCUT2D eigenvalue weighted by Gasteiger charge is 2.33. The van der Waals surface area contributed by atoms with Crippen LogP contribution in [0, 0.1) is 20.8 Å². The molecule has 2 amide bonds. The number of rotatable bonds is 10. The lowest BCUT2D eigenvalue weighted by Crippen LogP contribution is -2.54. The first-order chi connectivity index (χ1) is 17.5. The summed E-state index contributed by atoms with van der Waals surface area (Å²) in [5.74, 6) is -0.580. The van der Waals surface area contributed by atoms with E-state index in [0.29, 0.717) is 12.1 Å². The Balaban J connectivity index is 1.93. The molecule has 1 atom stereocenters. The van der Waals surface area contributed by atoms with Crippen molar-refractivity contribution in [3.05, 3.63) is 64.7 Å². The maximum absolute atomic E-state index is 13.9. The summed E-state index contributed by atoms with van der Waals surface area (Å²) in [6, 6.07) is 12.7. The minimum atomic E-state index is -3.75. The number of carbonyl (C=O) groups is 2. The number of hydrogen-bond donors (Lipinski definition) is 1. The number of carbonyl (C=O) groups excluding carboxylic acids is 2. The van der Waals surface area contributed by atoms with Gasteiger partial charge in [-0.05, 0) is 57.2 Å². The van der Waals surface area contributed by atoms with Crippen molar-refractivity contribution in [3.8, 4) is 0 Å². The minimum Gasteiger partial charge on any atom is -0.352 e. The molecule has 202 valence electrons. The summed E-state index contributed by atoms with van der Waals surface area (Å²) in [5.41, 5.74) is 4.23. The molecule has 1 aliphatic rings. The molecule has 1 unspecified atom stereocenters. The van der Waals surface area contributed by atoms with Gasteiger partial charge < -0.3 is 10.2 Å². The number of aryl methyl sites for hydroxylation is 3. The van der Waals surface area contributed by atoms with E-state index >= 15 is 0 Å². The number of anilines is 1. The molecule has 1 aliphatic carbocycles. The zero-order valence-corrected chi connectivity index (χ0v) is 23.6. The van der Waals surface area contributed by atoms with Crippen LogP contribution in [-0.4, -0.2) is 50.0 Å². The van der Waals surface area contributed by atoms with E-state index < -0.39 is 22.0 Å². The van der Waals surface area contributed by atoms with Crippen LogP contribution in [0.15, 0.2) is 42.5 Å². The van der Waals surface area contributed by atoms with Gasteiger partial charge in [0.05, 0.1) is 11.9 Å². The summed E-state index contributed by atoms with van der Waals surface area (Å²) < 4.78 is 26.8. The Morgan fingerprint density at radius 3 is 2.16 bits per heavy atom. The van der Waals surface area contributed by atoms with Gasteiger partial charge in [-0.15, -0.1) is 0 Å². The Kier molecular flexibility index (Phi) is 9.76. The van der Waals surface area contributed by atoms with E-state index in [-0.39, 0.29) is 25.0 Å². The SMILES string of the molecule is CCC(C(=O)NC1CCCCC1)N(Cc1ccc(C)cc1)C(=O)CN(c1ccc(C)cc1C)S(C)(=O)=O. The van der Waals surface area contributed by atoms with Crippen molar-refractivity contribution in [1.29, 1.82) is 0 Å². The van der Waals surface area contributed by atoms with Crippen LogP contribution in [-0.2, 0) is 26.2 Å². The zero-order chi connectivity index (χ0) is 27.2. The van der Waals surface area contributed by atoms with Gasteiger partial charge in [-0.2, -0.15) is 0 Å². The monoisotopic (exact) mass is 527 g/mol. The molecule has 2 aromatic rings. The number of nitrogens with one attached hydrogen (secondary N) is 1. The summed E-state index contributed by atoms with van der Waals surface area (Å²) in [5, 5.41) is 3.17. The first-order valence-electron chi connectivity index (χ1n) is 13.2. The van der Waals surface area contributed by atoms with Crippen LogP contribution in [0.1, 0.15) is 67.7 Å². The van der Waals surface area contributed by atoms with Gasteiger partial charge in [0.25, 0.3) is 0 Å². The predicted octanol–water partition coefficient (Wildman–Crippen LogP) is 4.63. The first-order valence-corrected chi connectivity index (χ1v) is 15.0. The summed E-state index contributed by atoms with van der Waals surface area (Å²) in [6.07, 6.45) is 6.79. The van der Waals surface area contributed by atoms with Crippen LogP contribution in [0.4, 0.5) is 5.69 Å². The predicted molar refractivity (Wildman–Crippen MR) is 149 cm³/mol. The lowest BCUT2D eigenvalue weighted by atomic mass is 9.95. The van der Waals surface area contributed by atoms with Crippen LogP contribution >= 0.6 is 0 Å². The lowest BCUT2D eigenvalue weighted by Gasteiger charge is -2.34. The van der Waals surface area contributed by atoms with Gasteiger partial charge in [-0.3, -0.25) is 13.9 Å². The highest BCUT2D eigenvalue weighted by Crippen LogP contribution is 2.25. The van der Waals surface area contributed by atoms with Crippen molar-refractivity contribution in [2.75, 3.05) is 17.1 Å². The molecule has 7 nitrogen and oxygen atoms in total. The first kappa shape index (κ1) is 28.7. The van der Waals surface area contributed by atoms with E-state index in [9.17, 15) is 18.0 Å². The highest BCUT2D eigenvalue weighted by molar-refractivity contribution is 7.92. The average Bonchev–Trinajstić information content (AvgIpc) is 2.84. The Morgan fingerprint density at radius 2 is 1.59 bits per heavy atom. The Hall–Kier alpha value is -2.87. The van der Waals surface area contributed by atoms with Crippen molar-refractivity contribution >= 4 is 27.5 Å². The second-order valence-electron chi connectivity index (χ2n) is 10.3. The van der Waals surface area contributed by atoms with Crippen LogP contribution in [0.2, 0.25) is 0 Å². The van der Waals surface area contributed by atoms with E-state index in [2.05, 4.69) is 5.32 Å². The van der Waals surface area contributed by atoms with Crippen LogP contribution in [0.25, 0.3) is 0 Å². The summed E-state index contributed by atoms with van der Waals surface area (Å²) in [7, 11) is -3.75. The number of hydrogen-bond acceptors (Lipinski definition) is 4. The van der Waals surface area contributed by atoms with Gasteiger partial charge in [0, 0.05) is 12.6 Å². The highest BCUT2D eigenvalue weighted by atomic mass is 32.2. The van der Waals surface area contributed by atoms with Crippen LogP contribution < -0.4 is 9.62 Å². The van der Waals surface area contributed by atoms with E-state index in [4.69, 9.17) is 0 Å². The molecule has 1 N–H and O–H groups in total. The second kappa shape index (κ2) is 12.6. The Bertz CT molecular complexity index is 1190. The molecule has 0 spiro atoms. The number of nitrogens with zero attached hydrogens (tertiary/aromatic N) is 2. The standard InChI is InChI=1S/C29H41N3O4S/c1-6-26(29(34)30-25-10-8-7-9-11-25)31(19-24-15-12-21(2)13-16-24)28(33)20-32(37(5,35)36)27-17-14-22(3)18-23(27)4/h12-18,25-26H,6-11,19-20H2,1-5H3,(H,30,34). The molecule has 0 heterocycles. The third kappa shape index (κ3) is 7.81. The summed E-state index contributed by atoms with van der Waals surface area (Å²) >= 11 is 0. The number of amides is 2. The molecule has 2 aromatic carbocycles. The topological polar surface area (TPSA) is 86.8 Å². The fourth-order valence-electron chi connectivity index (χ4n) is 5.03. The second-order valence-corrected chi connectivity index (χ2v) is 12.2.